The predicted octanol–water partition coefficient (Wildman–Crippen LogP) is 17.0. The van der Waals surface area contributed by atoms with Crippen LogP contribution in [0.4, 0.5) is 0 Å². The Hall–Kier alpha value is -3.67. The summed E-state index contributed by atoms with van der Waals surface area (Å²) in [5.74, 6) is -1.03. The molecule has 0 heterocycles. The van der Waals surface area contributed by atoms with Gasteiger partial charge in [-0.15, -0.1) is 0 Å². The zero-order valence-electron chi connectivity index (χ0n) is 40.8. The maximum atomic E-state index is 12.8. The van der Waals surface area contributed by atoms with Gasteiger partial charge in [-0.3, -0.25) is 14.4 Å². The van der Waals surface area contributed by atoms with Crippen LogP contribution >= 0.6 is 0 Å². The van der Waals surface area contributed by atoms with Gasteiger partial charge in [0, 0.05) is 19.3 Å². The lowest BCUT2D eigenvalue weighted by Crippen LogP contribution is -2.30. The molecule has 0 bridgehead atoms. The highest BCUT2D eigenvalue weighted by Gasteiger charge is 2.19. The van der Waals surface area contributed by atoms with Crippen LogP contribution in [0.25, 0.3) is 0 Å². The standard InChI is InChI=1S/C57H94O6/c1-4-7-10-13-16-19-22-24-26-27-28-29-31-33-36-39-42-45-48-51-57(60)63-54(52-61-55(58)49-46-43-40-37-34-21-18-15-12-9-6-3)53-62-56(59)50-47-44-41-38-35-32-30-25-23-20-17-14-11-8-5-2/h15-20,24-26,28-30,33,36,42,45,54H,4-14,21-23,27,31-32,34-35,37-41,43-44,46-53H2,1-3H3/b18-15-,19-16-,20-17-,26-24-,29-28-,30-25-,36-33-,45-42-/t54-/m0/s1. The van der Waals surface area contributed by atoms with Gasteiger partial charge in [0.25, 0.3) is 0 Å². The van der Waals surface area contributed by atoms with Crippen molar-refractivity contribution >= 4 is 17.9 Å². The molecule has 0 aromatic heterocycles. The van der Waals surface area contributed by atoms with Crippen molar-refractivity contribution < 1.29 is 28.6 Å². The third kappa shape index (κ3) is 49.2. The van der Waals surface area contributed by atoms with Crippen LogP contribution in [0.15, 0.2) is 97.2 Å². The minimum Gasteiger partial charge on any atom is -0.462 e. The van der Waals surface area contributed by atoms with Gasteiger partial charge in [-0.2, -0.15) is 0 Å². The molecule has 0 aliphatic carbocycles. The van der Waals surface area contributed by atoms with Crippen LogP contribution in [0.3, 0.4) is 0 Å². The van der Waals surface area contributed by atoms with Crippen LogP contribution in [0.1, 0.15) is 226 Å². The van der Waals surface area contributed by atoms with Gasteiger partial charge in [-0.05, 0) is 109 Å². The summed E-state index contributed by atoms with van der Waals surface area (Å²) in [6.07, 6.45) is 66.8. The Morgan fingerprint density at radius 3 is 1.02 bits per heavy atom. The number of unbranched alkanes of at least 4 members (excludes halogenated alkanes) is 18. The molecule has 0 rings (SSSR count). The molecule has 0 saturated carbocycles. The summed E-state index contributed by atoms with van der Waals surface area (Å²) in [5.41, 5.74) is 0. The molecule has 63 heavy (non-hydrogen) atoms. The summed E-state index contributed by atoms with van der Waals surface area (Å²) in [6.45, 7) is 6.45. The fraction of sp³-hybridized carbons (Fsp3) is 0.667. The Labute approximate surface area is 387 Å². The SMILES string of the molecule is CCCC/C=C\CCCCCCCC(=O)OC[C@@H](COC(=O)CCCCCCC/C=C\C/C=C\CCCCC)OC(=O)CC/C=C\C/C=C\C/C=C\C/C=C\C/C=C\CCCCC. The molecule has 0 aliphatic rings. The third-order valence-corrected chi connectivity index (χ3v) is 10.5. The molecular weight excluding hydrogens is 781 g/mol. The van der Waals surface area contributed by atoms with Gasteiger partial charge in [0.1, 0.15) is 13.2 Å². The van der Waals surface area contributed by atoms with Gasteiger partial charge in [0.15, 0.2) is 6.10 Å². The van der Waals surface area contributed by atoms with Crippen LogP contribution < -0.4 is 0 Å². The Bertz CT molecular complexity index is 1280. The lowest BCUT2D eigenvalue weighted by atomic mass is 10.1. The van der Waals surface area contributed by atoms with E-state index in [1.807, 2.05) is 12.2 Å². The molecule has 1 atom stereocenters. The van der Waals surface area contributed by atoms with E-state index in [-0.39, 0.29) is 31.6 Å². The minimum absolute atomic E-state index is 0.117. The maximum absolute atomic E-state index is 12.8. The van der Waals surface area contributed by atoms with Gasteiger partial charge < -0.3 is 14.2 Å². The fourth-order valence-corrected chi connectivity index (χ4v) is 6.61. The second kappa shape index (κ2) is 51.0. The highest BCUT2D eigenvalue weighted by atomic mass is 16.6. The topological polar surface area (TPSA) is 78.9 Å². The number of hydrogen-bond donors (Lipinski definition) is 0. The summed E-state index contributed by atoms with van der Waals surface area (Å²) in [6, 6.07) is 0. The Morgan fingerprint density at radius 2 is 0.619 bits per heavy atom. The number of allylic oxidation sites excluding steroid dienone is 16. The first-order chi connectivity index (χ1) is 31.0. The molecule has 0 N–H and O–H groups in total. The normalized spacial score (nSPS) is 12.9. The van der Waals surface area contributed by atoms with E-state index in [0.29, 0.717) is 19.3 Å². The van der Waals surface area contributed by atoms with Crippen LogP contribution in [-0.2, 0) is 28.6 Å². The van der Waals surface area contributed by atoms with Crippen molar-refractivity contribution in [2.45, 2.75) is 232 Å². The molecular formula is C57H94O6. The van der Waals surface area contributed by atoms with Gasteiger partial charge in [-0.1, -0.05) is 195 Å². The zero-order chi connectivity index (χ0) is 45.8. The second-order valence-electron chi connectivity index (χ2n) is 16.7. The molecule has 0 aromatic rings. The highest BCUT2D eigenvalue weighted by Crippen LogP contribution is 2.12. The first-order valence-corrected chi connectivity index (χ1v) is 25.7. The van der Waals surface area contributed by atoms with Crippen molar-refractivity contribution in [1.29, 1.82) is 0 Å². The first kappa shape index (κ1) is 59.3. The lowest BCUT2D eigenvalue weighted by molar-refractivity contribution is -0.166. The third-order valence-electron chi connectivity index (χ3n) is 10.5. The minimum atomic E-state index is -0.826. The number of esters is 3. The highest BCUT2D eigenvalue weighted by molar-refractivity contribution is 5.71. The van der Waals surface area contributed by atoms with Gasteiger partial charge in [0.2, 0.25) is 0 Å². The molecule has 0 amide bonds. The number of ether oxygens (including phenoxy) is 3. The van der Waals surface area contributed by atoms with E-state index in [2.05, 4.69) is 106 Å². The van der Waals surface area contributed by atoms with E-state index >= 15 is 0 Å². The van der Waals surface area contributed by atoms with Crippen LogP contribution in [0.5, 0.6) is 0 Å². The molecule has 358 valence electrons. The summed E-state index contributed by atoms with van der Waals surface area (Å²) < 4.78 is 16.7. The molecule has 0 spiro atoms. The maximum Gasteiger partial charge on any atom is 0.306 e. The van der Waals surface area contributed by atoms with Crippen LogP contribution in [0, 0.1) is 0 Å². The summed E-state index contributed by atoms with van der Waals surface area (Å²) in [4.78, 5) is 37.9. The van der Waals surface area contributed by atoms with E-state index in [9.17, 15) is 14.4 Å². The molecule has 0 radical (unpaired) electrons. The second-order valence-corrected chi connectivity index (χ2v) is 16.7. The van der Waals surface area contributed by atoms with E-state index in [1.165, 1.54) is 77.0 Å². The molecule has 6 nitrogen and oxygen atoms in total. The number of carbonyl (C=O) groups excluding carboxylic acids is 3. The Kier molecular flexibility index (Phi) is 48.0. The van der Waals surface area contributed by atoms with E-state index in [4.69, 9.17) is 14.2 Å². The molecule has 0 aliphatic heterocycles. The van der Waals surface area contributed by atoms with Crippen molar-refractivity contribution in [3.05, 3.63) is 97.2 Å². The summed E-state index contributed by atoms with van der Waals surface area (Å²) in [7, 11) is 0. The molecule has 0 fully saturated rings. The van der Waals surface area contributed by atoms with Crippen molar-refractivity contribution in [3.63, 3.8) is 0 Å². The molecule has 0 unspecified atom stereocenters. The first-order valence-electron chi connectivity index (χ1n) is 25.7. The number of carbonyl (C=O) groups is 3. The smallest absolute Gasteiger partial charge is 0.306 e. The van der Waals surface area contributed by atoms with Crippen molar-refractivity contribution in [2.75, 3.05) is 13.2 Å². The zero-order valence-corrected chi connectivity index (χ0v) is 40.8. The van der Waals surface area contributed by atoms with Crippen molar-refractivity contribution in [2.24, 2.45) is 0 Å². The largest absolute Gasteiger partial charge is 0.462 e. The number of hydrogen-bond acceptors (Lipinski definition) is 6. The fourth-order valence-electron chi connectivity index (χ4n) is 6.61. The molecule has 0 aromatic carbocycles. The van der Waals surface area contributed by atoms with Gasteiger partial charge in [-0.25, -0.2) is 0 Å². The lowest BCUT2D eigenvalue weighted by Gasteiger charge is -2.18. The summed E-state index contributed by atoms with van der Waals surface area (Å²) >= 11 is 0. The van der Waals surface area contributed by atoms with Crippen LogP contribution in [0.2, 0.25) is 0 Å². The molecule has 0 saturated heterocycles. The van der Waals surface area contributed by atoms with E-state index < -0.39 is 12.1 Å². The average Bonchev–Trinajstić information content (AvgIpc) is 3.28. The molecule has 6 heteroatoms. The van der Waals surface area contributed by atoms with Gasteiger partial charge >= 0.3 is 17.9 Å². The quantitative estimate of drug-likeness (QED) is 0.0262. The van der Waals surface area contributed by atoms with Crippen molar-refractivity contribution in [1.82, 2.24) is 0 Å². The van der Waals surface area contributed by atoms with Crippen molar-refractivity contribution in [3.8, 4) is 0 Å². The average molecular weight is 875 g/mol. The number of rotatable bonds is 45. The van der Waals surface area contributed by atoms with Crippen LogP contribution in [-0.4, -0.2) is 37.2 Å². The predicted molar refractivity (Wildman–Crippen MR) is 270 cm³/mol. The Balaban J connectivity index is 4.54. The Morgan fingerprint density at radius 1 is 0.317 bits per heavy atom. The monoisotopic (exact) mass is 875 g/mol. The van der Waals surface area contributed by atoms with Gasteiger partial charge in [0.05, 0.1) is 0 Å². The van der Waals surface area contributed by atoms with E-state index in [0.717, 1.165) is 103 Å². The van der Waals surface area contributed by atoms with E-state index in [1.54, 1.807) is 0 Å². The summed E-state index contributed by atoms with van der Waals surface area (Å²) in [5, 5.41) is 0.